The second-order valence-corrected chi connectivity index (χ2v) is 8.11. The zero-order valence-corrected chi connectivity index (χ0v) is 17.6. The Hall–Kier alpha value is -1.58. The third kappa shape index (κ3) is 6.82. The van der Waals surface area contributed by atoms with Gasteiger partial charge in [-0.1, -0.05) is 25.6 Å². The molecule has 0 saturated heterocycles. The zero-order chi connectivity index (χ0) is 19.6. The standard InChI is InChI=1S/C17H27ClN6O2S/c1-12(2)27-17-22-15(20-8-10-26-3)13-11-21-24(16(13)23-17)9-7-19-14(25)5-4-6-18/h11-12H,4-10H2,1-3H3,(H,19,25)(H,20,22,23). The number of nitrogens with zero attached hydrogens (tertiary/aromatic N) is 4. The Morgan fingerprint density at radius 2 is 2.19 bits per heavy atom. The van der Waals surface area contributed by atoms with Gasteiger partial charge in [0.1, 0.15) is 5.82 Å². The molecule has 0 bridgehead atoms. The molecule has 0 saturated carbocycles. The Balaban J connectivity index is 2.14. The number of nitrogens with one attached hydrogen (secondary N) is 2. The molecule has 2 N–H and O–H groups in total. The van der Waals surface area contributed by atoms with Gasteiger partial charge in [-0.15, -0.1) is 11.6 Å². The van der Waals surface area contributed by atoms with Crippen molar-refractivity contribution in [2.24, 2.45) is 0 Å². The lowest BCUT2D eigenvalue weighted by molar-refractivity contribution is -0.121. The summed E-state index contributed by atoms with van der Waals surface area (Å²) >= 11 is 7.21. The van der Waals surface area contributed by atoms with Crippen LogP contribution in [0, 0.1) is 0 Å². The monoisotopic (exact) mass is 414 g/mol. The van der Waals surface area contributed by atoms with Crippen LogP contribution < -0.4 is 10.6 Å². The Morgan fingerprint density at radius 1 is 1.37 bits per heavy atom. The van der Waals surface area contributed by atoms with Crippen molar-refractivity contribution >= 4 is 46.1 Å². The van der Waals surface area contributed by atoms with Crippen LogP contribution in [-0.2, 0) is 16.1 Å². The first-order chi connectivity index (χ1) is 13.0. The zero-order valence-electron chi connectivity index (χ0n) is 16.0. The summed E-state index contributed by atoms with van der Waals surface area (Å²) in [5, 5.41) is 12.5. The van der Waals surface area contributed by atoms with E-state index in [2.05, 4.69) is 39.5 Å². The molecule has 0 aliphatic heterocycles. The van der Waals surface area contributed by atoms with E-state index in [1.807, 2.05) is 0 Å². The average Bonchev–Trinajstić information content (AvgIpc) is 3.03. The fourth-order valence-electron chi connectivity index (χ4n) is 2.39. The van der Waals surface area contributed by atoms with Gasteiger partial charge in [0, 0.05) is 37.8 Å². The lowest BCUT2D eigenvalue weighted by Gasteiger charge is -2.10. The van der Waals surface area contributed by atoms with E-state index in [-0.39, 0.29) is 5.91 Å². The van der Waals surface area contributed by atoms with E-state index in [0.717, 1.165) is 16.9 Å². The van der Waals surface area contributed by atoms with Crippen molar-refractivity contribution in [1.82, 2.24) is 25.1 Å². The van der Waals surface area contributed by atoms with E-state index >= 15 is 0 Å². The van der Waals surface area contributed by atoms with E-state index in [1.165, 1.54) is 0 Å². The van der Waals surface area contributed by atoms with Crippen LogP contribution in [0.15, 0.2) is 11.4 Å². The maximum atomic E-state index is 11.7. The minimum Gasteiger partial charge on any atom is -0.383 e. The van der Waals surface area contributed by atoms with Gasteiger partial charge in [-0.3, -0.25) is 4.79 Å². The van der Waals surface area contributed by atoms with Crippen molar-refractivity contribution in [2.45, 2.75) is 43.6 Å². The first-order valence-corrected chi connectivity index (χ1v) is 10.4. The van der Waals surface area contributed by atoms with E-state index in [4.69, 9.17) is 16.3 Å². The fraction of sp³-hybridized carbons (Fsp3) is 0.647. The second-order valence-electron chi connectivity index (χ2n) is 6.19. The highest BCUT2D eigenvalue weighted by Crippen LogP contribution is 2.26. The molecule has 2 rings (SSSR count). The molecule has 0 radical (unpaired) electrons. The molecule has 0 aliphatic carbocycles. The number of amides is 1. The smallest absolute Gasteiger partial charge is 0.220 e. The number of methoxy groups -OCH3 is 1. The highest BCUT2D eigenvalue weighted by Gasteiger charge is 2.14. The van der Waals surface area contributed by atoms with Crippen LogP contribution in [0.3, 0.4) is 0 Å². The summed E-state index contributed by atoms with van der Waals surface area (Å²) in [6, 6.07) is 0. The molecular weight excluding hydrogens is 388 g/mol. The molecule has 150 valence electrons. The van der Waals surface area contributed by atoms with E-state index in [1.54, 1.807) is 29.8 Å². The van der Waals surface area contributed by atoms with Gasteiger partial charge >= 0.3 is 0 Å². The molecule has 0 aromatic carbocycles. The highest BCUT2D eigenvalue weighted by molar-refractivity contribution is 7.99. The predicted molar refractivity (Wildman–Crippen MR) is 110 cm³/mol. The van der Waals surface area contributed by atoms with Gasteiger partial charge in [0.05, 0.1) is 24.7 Å². The molecule has 0 fully saturated rings. The van der Waals surface area contributed by atoms with E-state index < -0.39 is 0 Å². The second kappa shape index (κ2) is 11.3. The van der Waals surface area contributed by atoms with Gasteiger partial charge in [0.2, 0.25) is 5.91 Å². The number of fused-ring (bicyclic) bond motifs is 1. The largest absolute Gasteiger partial charge is 0.383 e. The van der Waals surface area contributed by atoms with E-state index in [9.17, 15) is 4.79 Å². The Labute approximate surface area is 168 Å². The van der Waals surface area contributed by atoms with Gasteiger partial charge < -0.3 is 15.4 Å². The van der Waals surface area contributed by atoms with Crippen molar-refractivity contribution in [3.63, 3.8) is 0 Å². The predicted octanol–water partition coefficient (Wildman–Crippen LogP) is 2.52. The van der Waals surface area contributed by atoms with Crippen LogP contribution in [0.5, 0.6) is 0 Å². The molecule has 27 heavy (non-hydrogen) atoms. The highest BCUT2D eigenvalue weighted by atomic mass is 35.5. The summed E-state index contributed by atoms with van der Waals surface area (Å²) in [7, 11) is 1.66. The summed E-state index contributed by atoms with van der Waals surface area (Å²) < 4.78 is 6.90. The Kier molecular flexibility index (Phi) is 9.09. The normalized spacial score (nSPS) is 11.3. The summed E-state index contributed by atoms with van der Waals surface area (Å²) in [6.45, 7) is 6.46. The molecule has 0 atom stereocenters. The molecule has 10 heteroatoms. The quantitative estimate of drug-likeness (QED) is 0.238. The SMILES string of the molecule is COCCNc1nc(SC(C)C)nc2c1cnn2CCNC(=O)CCCCl. The first kappa shape index (κ1) is 21.7. The number of halogens is 1. The molecule has 2 aromatic rings. The number of ether oxygens (including phenoxy) is 1. The Bertz CT molecular complexity index is 740. The fourth-order valence-corrected chi connectivity index (χ4v) is 3.22. The molecule has 2 heterocycles. The number of hydrogen-bond donors (Lipinski definition) is 2. The van der Waals surface area contributed by atoms with Gasteiger partial charge in [-0.25, -0.2) is 14.6 Å². The minimum atomic E-state index is -0.000267. The van der Waals surface area contributed by atoms with E-state index in [0.29, 0.717) is 55.4 Å². The summed E-state index contributed by atoms with van der Waals surface area (Å²) in [5.41, 5.74) is 0.753. The molecule has 0 aliphatic rings. The maximum Gasteiger partial charge on any atom is 0.220 e. The van der Waals surface area contributed by atoms with Crippen LogP contribution in [0.1, 0.15) is 26.7 Å². The third-order valence-electron chi connectivity index (χ3n) is 3.60. The van der Waals surface area contributed by atoms with Crippen LogP contribution in [0.25, 0.3) is 11.0 Å². The van der Waals surface area contributed by atoms with Crippen molar-refractivity contribution in [3.8, 4) is 0 Å². The first-order valence-electron chi connectivity index (χ1n) is 9.00. The average molecular weight is 415 g/mol. The number of carbonyl (C=O) groups excluding carboxylic acids is 1. The van der Waals surface area contributed by atoms with Crippen molar-refractivity contribution in [1.29, 1.82) is 0 Å². The molecule has 8 nitrogen and oxygen atoms in total. The minimum absolute atomic E-state index is 0.000267. The third-order valence-corrected chi connectivity index (χ3v) is 4.73. The molecular formula is C17H27ClN6O2S. The summed E-state index contributed by atoms with van der Waals surface area (Å²) in [6.07, 6.45) is 2.87. The van der Waals surface area contributed by atoms with Gasteiger partial charge in [0.15, 0.2) is 10.8 Å². The van der Waals surface area contributed by atoms with Crippen LogP contribution in [0.4, 0.5) is 5.82 Å². The van der Waals surface area contributed by atoms with Crippen molar-refractivity contribution in [3.05, 3.63) is 6.20 Å². The Morgan fingerprint density at radius 3 is 2.89 bits per heavy atom. The summed E-state index contributed by atoms with van der Waals surface area (Å²) in [4.78, 5) is 21.0. The number of anilines is 1. The molecule has 0 unspecified atom stereocenters. The van der Waals surface area contributed by atoms with Crippen LogP contribution >= 0.6 is 23.4 Å². The number of aromatic nitrogens is 4. The molecule has 0 spiro atoms. The molecule has 2 aromatic heterocycles. The number of thioether (sulfide) groups is 1. The topological polar surface area (TPSA) is 94.0 Å². The van der Waals surface area contributed by atoms with Gasteiger partial charge in [0.25, 0.3) is 0 Å². The lowest BCUT2D eigenvalue weighted by Crippen LogP contribution is -2.27. The number of alkyl halides is 1. The molecule has 1 amide bonds. The van der Waals surface area contributed by atoms with Crippen molar-refractivity contribution in [2.75, 3.05) is 38.0 Å². The van der Waals surface area contributed by atoms with Gasteiger partial charge in [-0.05, 0) is 6.42 Å². The van der Waals surface area contributed by atoms with Crippen molar-refractivity contribution < 1.29 is 9.53 Å². The van der Waals surface area contributed by atoms with Gasteiger partial charge in [-0.2, -0.15) is 5.10 Å². The number of carbonyl (C=O) groups is 1. The van der Waals surface area contributed by atoms with Crippen LogP contribution in [-0.4, -0.2) is 63.6 Å². The lowest BCUT2D eigenvalue weighted by atomic mass is 10.3. The number of rotatable bonds is 12. The maximum absolute atomic E-state index is 11.7. The number of hydrogen-bond acceptors (Lipinski definition) is 7. The summed E-state index contributed by atoms with van der Waals surface area (Å²) in [5.74, 6) is 1.24. The van der Waals surface area contributed by atoms with Crippen LogP contribution in [0.2, 0.25) is 0 Å².